The van der Waals surface area contributed by atoms with Gasteiger partial charge in [0, 0.05) is 18.6 Å². The van der Waals surface area contributed by atoms with Crippen molar-refractivity contribution in [2.24, 2.45) is 5.92 Å². The average Bonchev–Trinajstić information content (AvgIpc) is 2.36. The van der Waals surface area contributed by atoms with Gasteiger partial charge in [-0.1, -0.05) is 44.2 Å². The smallest absolute Gasteiger partial charge is 0.331 e. The molecule has 1 N–H and O–H groups in total. The molecule has 108 valence electrons. The molecule has 0 fully saturated rings. The lowest BCUT2D eigenvalue weighted by molar-refractivity contribution is -0.144. The molecule has 0 radical (unpaired) electrons. The van der Waals surface area contributed by atoms with E-state index in [0.29, 0.717) is 12.3 Å². The molecule has 20 heavy (non-hydrogen) atoms. The van der Waals surface area contributed by atoms with E-state index in [-0.39, 0.29) is 6.10 Å². The van der Waals surface area contributed by atoms with Crippen LogP contribution in [0.4, 0.5) is 0 Å². The highest BCUT2D eigenvalue weighted by Gasteiger charge is 2.15. The second-order valence-corrected chi connectivity index (χ2v) is 5.05. The summed E-state index contributed by atoms with van der Waals surface area (Å²) in [5.41, 5.74) is 1.09. The first-order valence-electron chi connectivity index (χ1n) is 6.63. The molecule has 1 rings (SSSR count). The van der Waals surface area contributed by atoms with Crippen LogP contribution < -0.4 is 0 Å². The fraction of sp³-hybridized carbons (Fsp3) is 0.375. The quantitative estimate of drug-likeness (QED) is 0.614. The zero-order valence-corrected chi connectivity index (χ0v) is 11.8. The van der Waals surface area contributed by atoms with Crippen LogP contribution in [0.3, 0.4) is 0 Å². The van der Waals surface area contributed by atoms with E-state index in [0.717, 1.165) is 24.1 Å². The minimum Gasteiger partial charge on any atom is -0.478 e. The Bertz CT molecular complexity index is 463. The molecule has 4 nitrogen and oxygen atoms in total. The van der Waals surface area contributed by atoms with Crippen molar-refractivity contribution in [2.45, 2.75) is 32.8 Å². The van der Waals surface area contributed by atoms with Crippen molar-refractivity contribution in [2.75, 3.05) is 0 Å². The maximum Gasteiger partial charge on any atom is 0.331 e. The number of aliphatic carboxylic acids is 1. The Hall–Kier alpha value is -2.10. The normalized spacial score (nSPS) is 12.6. The van der Waals surface area contributed by atoms with Crippen LogP contribution in [0.1, 0.15) is 25.8 Å². The van der Waals surface area contributed by atoms with Crippen molar-refractivity contribution in [3.05, 3.63) is 48.0 Å². The largest absolute Gasteiger partial charge is 0.478 e. The first kappa shape index (κ1) is 16.0. The van der Waals surface area contributed by atoms with Gasteiger partial charge in [-0.25, -0.2) is 9.59 Å². The number of benzene rings is 1. The number of rotatable bonds is 7. The van der Waals surface area contributed by atoms with Crippen molar-refractivity contribution in [1.29, 1.82) is 0 Å². The molecule has 0 aliphatic carbocycles. The third-order valence-corrected chi connectivity index (χ3v) is 2.69. The van der Waals surface area contributed by atoms with E-state index >= 15 is 0 Å². The molecule has 1 aromatic rings. The van der Waals surface area contributed by atoms with Crippen LogP contribution in [0.2, 0.25) is 0 Å². The van der Waals surface area contributed by atoms with Gasteiger partial charge in [-0.05, 0) is 17.9 Å². The molecule has 0 heterocycles. The van der Waals surface area contributed by atoms with Crippen LogP contribution in [0.25, 0.3) is 0 Å². The van der Waals surface area contributed by atoms with Gasteiger partial charge >= 0.3 is 11.9 Å². The van der Waals surface area contributed by atoms with E-state index in [2.05, 4.69) is 13.8 Å². The first-order valence-corrected chi connectivity index (χ1v) is 6.63. The predicted molar refractivity (Wildman–Crippen MR) is 76.3 cm³/mol. The molecule has 0 saturated carbocycles. The Morgan fingerprint density at radius 3 is 2.40 bits per heavy atom. The van der Waals surface area contributed by atoms with Gasteiger partial charge in [-0.15, -0.1) is 0 Å². The predicted octanol–water partition coefficient (Wildman–Crippen LogP) is 2.83. The molecule has 0 bridgehead atoms. The van der Waals surface area contributed by atoms with Crippen molar-refractivity contribution < 1.29 is 19.4 Å². The Kier molecular flexibility index (Phi) is 6.50. The number of carboxylic acids is 1. The van der Waals surface area contributed by atoms with Crippen LogP contribution in [0.5, 0.6) is 0 Å². The van der Waals surface area contributed by atoms with Crippen molar-refractivity contribution in [1.82, 2.24) is 0 Å². The number of carbonyl (C=O) groups is 2. The highest BCUT2D eigenvalue weighted by Crippen LogP contribution is 2.14. The maximum absolute atomic E-state index is 11.6. The molecular formula is C16H20O4. The minimum absolute atomic E-state index is 0.247. The monoisotopic (exact) mass is 276 g/mol. The summed E-state index contributed by atoms with van der Waals surface area (Å²) in [4.78, 5) is 21.9. The molecule has 1 unspecified atom stereocenters. The van der Waals surface area contributed by atoms with E-state index in [1.807, 2.05) is 30.3 Å². The lowest BCUT2D eigenvalue weighted by Gasteiger charge is -2.19. The van der Waals surface area contributed by atoms with Crippen molar-refractivity contribution in [3.8, 4) is 0 Å². The fourth-order valence-corrected chi connectivity index (χ4v) is 1.92. The fourth-order valence-electron chi connectivity index (χ4n) is 1.92. The van der Waals surface area contributed by atoms with Crippen LogP contribution in [-0.4, -0.2) is 23.1 Å². The summed E-state index contributed by atoms with van der Waals surface area (Å²) in [5.74, 6) is -1.39. The molecule has 0 saturated heterocycles. The Balaban J connectivity index is 2.64. The molecule has 0 aromatic heterocycles. The topological polar surface area (TPSA) is 63.6 Å². The number of carbonyl (C=O) groups excluding carboxylic acids is 1. The van der Waals surface area contributed by atoms with Gasteiger partial charge in [0.15, 0.2) is 0 Å². The van der Waals surface area contributed by atoms with Gasteiger partial charge in [-0.3, -0.25) is 0 Å². The minimum atomic E-state index is -1.16. The van der Waals surface area contributed by atoms with Crippen LogP contribution in [0, 0.1) is 5.92 Å². The molecule has 0 amide bonds. The van der Waals surface area contributed by atoms with Crippen LogP contribution >= 0.6 is 0 Å². The lowest BCUT2D eigenvalue weighted by Crippen LogP contribution is -2.21. The maximum atomic E-state index is 11.6. The number of hydrogen-bond acceptors (Lipinski definition) is 3. The van der Waals surface area contributed by atoms with Gasteiger partial charge in [0.25, 0.3) is 0 Å². The van der Waals surface area contributed by atoms with Gasteiger partial charge in [0.1, 0.15) is 6.10 Å². The van der Waals surface area contributed by atoms with Gasteiger partial charge in [0.2, 0.25) is 0 Å². The first-order chi connectivity index (χ1) is 9.47. The van der Waals surface area contributed by atoms with Crippen molar-refractivity contribution in [3.63, 3.8) is 0 Å². The summed E-state index contributed by atoms with van der Waals surface area (Å²) in [5, 5.41) is 8.48. The summed E-state index contributed by atoms with van der Waals surface area (Å²) in [6.45, 7) is 4.11. The second kappa shape index (κ2) is 8.15. The van der Waals surface area contributed by atoms with Gasteiger partial charge in [-0.2, -0.15) is 0 Å². The van der Waals surface area contributed by atoms with E-state index in [9.17, 15) is 9.59 Å². The summed E-state index contributed by atoms with van der Waals surface area (Å²) in [7, 11) is 0. The third-order valence-electron chi connectivity index (χ3n) is 2.69. The average molecular weight is 276 g/mol. The van der Waals surface area contributed by atoms with Crippen LogP contribution in [0.15, 0.2) is 42.5 Å². The van der Waals surface area contributed by atoms with Crippen molar-refractivity contribution >= 4 is 11.9 Å². The Labute approximate surface area is 119 Å². The summed E-state index contributed by atoms with van der Waals surface area (Å²) in [6.07, 6.45) is 2.86. The zero-order valence-electron chi connectivity index (χ0n) is 11.8. The second-order valence-electron chi connectivity index (χ2n) is 5.05. The molecule has 0 spiro atoms. The number of carboxylic acid groups (broad SMARTS) is 1. The lowest BCUT2D eigenvalue weighted by atomic mass is 9.99. The standard InChI is InChI=1S/C16H20O4/c1-12(2)10-14(11-13-6-4-3-5-7-13)20-16(19)9-8-15(17)18/h3-9,12,14H,10-11H2,1-2H3,(H,17,18)/b9-8+. The molecule has 0 aliphatic rings. The van der Waals surface area contributed by atoms with E-state index in [4.69, 9.17) is 9.84 Å². The summed E-state index contributed by atoms with van der Waals surface area (Å²) < 4.78 is 5.33. The third kappa shape index (κ3) is 6.73. The molecule has 0 aliphatic heterocycles. The zero-order chi connectivity index (χ0) is 15.0. The van der Waals surface area contributed by atoms with E-state index in [1.165, 1.54) is 0 Å². The number of ether oxygens (including phenoxy) is 1. The van der Waals surface area contributed by atoms with E-state index < -0.39 is 11.9 Å². The SMILES string of the molecule is CC(C)CC(Cc1ccccc1)OC(=O)/C=C/C(=O)O. The molecule has 1 aromatic carbocycles. The van der Waals surface area contributed by atoms with Gasteiger partial charge < -0.3 is 9.84 Å². The summed E-state index contributed by atoms with van der Waals surface area (Å²) >= 11 is 0. The van der Waals surface area contributed by atoms with Gasteiger partial charge in [0.05, 0.1) is 0 Å². The van der Waals surface area contributed by atoms with Crippen LogP contribution in [-0.2, 0) is 20.7 Å². The molecule has 1 atom stereocenters. The molecule has 4 heteroatoms. The highest BCUT2D eigenvalue weighted by molar-refractivity contribution is 5.90. The Morgan fingerprint density at radius 1 is 1.20 bits per heavy atom. The Morgan fingerprint density at radius 2 is 1.85 bits per heavy atom. The number of hydrogen-bond donors (Lipinski definition) is 1. The molecular weight excluding hydrogens is 256 g/mol. The number of esters is 1. The highest BCUT2D eigenvalue weighted by atomic mass is 16.5. The van der Waals surface area contributed by atoms with E-state index in [1.54, 1.807) is 0 Å². The summed E-state index contributed by atoms with van der Waals surface area (Å²) in [6, 6.07) is 9.77.